The molecular formula is C11H24N2. The molecule has 1 aliphatic rings. The van der Waals surface area contributed by atoms with Gasteiger partial charge < -0.3 is 5.73 Å². The Morgan fingerprint density at radius 1 is 1.31 bits per heavy atom. The van der Waals surface area contributed by atoms with Crippen molar-refractivity contribution in [3.63, 3.8) is 0 Å². The highest BCUT2D eigenvalue weighted by Crippen LogP contribution is 2.25. The molecule has 0 aromatic rings. The van der Waals surface area contributed by atoms with Crippen molar-refractivity contribution in [3.8, 4) is 0 Å². The van der Waals surface area contributed by atoms with Crippen molar-refractivity contribution in [3.05, 3.63) is 0 Å². The molecule has 1 rings (SSSR count). The molecule has 1 fully saturated rings. The van der Waals surface area contributed by atoms with Crippen LogP contribution in [0, 0.1) is 11.8 Å². The molecule has 2 heteroatoms. The van der Waals surface area contributed by atoms with E-state index in [0.29, 0.717) is 0 Å². The van der Waals surface area contributed by atoms with Crippen LogP contribution in [0.3, 0.4) is 0 Å². The molecule has 1 heterocycles. The van der Waals surface area contributed by atoms with Gasteiger partial charge in [0.05, 0.1) is 0 Å². The first-order chi connectivity index (χ1) is 6.19. The highest BCUT2D eigenvalue weighted by atomic mass is 15.2. The number of nitrogens with zero attached hydrogens (tertiary/aromatic N) is 1. The summed E-state index contributed by atoms with van der Waals surface area (Å²) in [7, 11) is 0. The van der Waals surface area contributed by atoms with Gasteiger partial charge in [-0.3, -0.25) is 4.90 Å². The molecule has 0 aromatic carbocycles. The zero-order valence-electron chi connectivity index (χ0n) is 9.29. The largest absolute Gasteiger partial charge is 0.330 e. The van der Waals surface area contributed by atoms with Crippen LogP contribution in [-0.2, 0) is 0 Å². The molecule has 0 radical (unpaired) electrons. The fraction of sp³-hybridized carbons (Fsp3) is 1.00. The van der Waals surface area contributed by atoms with Crippen LogP contribution in [0.2, 0.25) is 0 Å². The van der Waals surface area contributed by atoms with Crippen LogP contribution in [-0.4, -0.2) is 30.6 Å². The summed E-state index contributed by atoms with van der Waals surface area (Å²) in [6.07, 6.45) is 2.41. The lowest BCUT2D eigenvalue weighted by molar-refractivity contribution is 0.217. The van der Waals surface area contributed by atoms with E-state index in [2.05, 4.69) is 25.7 Å². The van der Waals surface area contributed by atoms with Crippen LogP contribution in [0.4, 0.5) is 0 Å². The van der Waals surface area contributed by atoms with E-state index in [9.17, 15) is 0 Å². The molecule has 0 aliphatic carbocycles. The van der Waals surface area contributed by atoms with Gasteiger partial charge in [-0.15, -0.1) is 0 Å². The third-order valence-electron chi connectivity index (χ3n) is 3.50. The number of rotatable bonds is 4. The van der Waals surface area contributed by atoms with Gasteiger partial charge in [-0.1, -0.05) is 20.8 Å². The van der Waals surface area contributed by atoms with Gasteiger partial charge in [0.1, 0.15) is 0 Å². The van der Waals surface area contributed by atoms with Gasteiger partial charge in [-0.25, -0.2) is 0 Å². The molecule has 0 spiro atoms. The van der Waals surface area contributed by atoms with E-state index in [1.165, 1.54) is 19.5 Å². The van der Waals surface area contributed by atoms with E-state index in [0.717, 1.165) is 30.8 Å². The summed E-state index contributed by atoms with van der Waals surface area (Å²) < 4.78 is 0. The second-order valence-corrected chi connectivity index (χ2v) is 4.55. The summed E-state index contributed by atoms with van der Waals surface area (Å²) in [4.78, 5) is 2.63. The Bertz CT molecular complexity index is 137. The average molecular weight is 184 g/mol. The van der Waals surface area contributed by atoms with Crippen LogP contribution >= 0.6 is 0 Å². The normalized spacial score (nSPS) is 32.3. The standard InChI is InChI=1S/C11H24N2/c1-4-11(5-6-12)13-7-9(2)10(3)8-13/h9-11H,4-8,12H2,1-3H3. The minimum absolute atomic E-state index is 0.734. The van der Waals surface area contributed by atoms with Gasteiger partial charge in [0.25, 0.3) is 0 Å². The first-order valence-corrected chi connectivity index (χ1v) is 5.63. The molecule has 2 nitrogen and oxygen atoms in total. The molecule has 0 bridgehead atoms. The summed E-state index contributed by atoms with van der Waals surface area (Å²) in [6.45, 7) is 10.4. The molecule has 1 saturated heterocycles. The van der Waals surface area contributed by atoms with Crippen molar-refractivity contribution >= 4 is 0 Å². The highest BCUT2D eigenvalue weighted by molar-refractivity contribution is 4.83. The summed E-state index contributed by atoms with van der Waals surface area (Å²) in [5.41, 5.74) is 5.62. The molecule has 78 valence electrons. The van der Waals surface area contributed by atoms with E-state index in [1.54, 1.807) is 0 Å². The quantitative estimate of drug-likeness (QED) is 0.720. The Morgan fingerprint density at radius 2 is 1.85 bits per heavy atom. The van der Waals surface area contributed by atoms with Crippen molar-refractivity contribution in [2.24, 2.45) is 17.6 Å². The van der Waals surface area contributed by atoms with Gasteiger partial charge in [0.15, 0.2) is 0 Å². The fourth-order valence-corrected chi connectivity index (χ4v) is 2.31. The zero-order valence-corrected chi connectivity index (χ0v) is 9.29. The SMILES string of the molecule is CCC(CCN)N1CC(C)C(C)C1. The third-order valence-corrected chi connectivity index (χ3v) is 3.50. The number of hydrogen-bond donors (Lipinski definition) is 1. The maximum Gasteiger partial charge on any atom is 0.0105 e. The predicted octanol–water partition coefficient (Wildman–Crippen LogP) is 1.70. The van der Waals surface area contributed by atoms with Gasteiger partial charge in [-0.2, -0.15) is 0 Å². The second-order valence-electron chi connectivity index (χ2n) is 4.55. The molecule has 0 amide bonds. The maximum absolute atomic E-state index is 5.62. The zero-order chi connectivity index (χ0) is 9.84. The van der Waals surface area contributed by atoms with Crippen LogP contribution < -0.4 is 5.73 Å². The van der Waals surface area contributed by atoms with Crippen LogP contribution in [0.15, 0.2) is 0 Å². The van der Waals surface area contributed by atoms with Crippen molar-refractivity contribution in [2.75, 3.05) is 19.6 Å². The van der Waals surface area contributed by atoms with Crippen molar-refractivity contribution in [1.82, 2.24) is 4.90 Å². The van der Waals surface area contributed by atoms with E-state index < -0.39 is 0 Å². The van der Waals surface area contributed by atoms with E-state index >= 15 is 0 Å². The van der Waals surface area contributed by atoms with Crippen molar-refractivity contribution in [1.29, 1.82) is 0 Å². The minimum Gasteiger partial charge on any atom is -0.330 e. The molecule has 2 N–H and O–H groups in total. The molecule has 0 aromatic heterocycles. The number of hydrogen-bond acceptors (Lipinski definition) is 2. The number of likely N-dealkylation sites (tertiary alicyclic amines) is 1. The summed E-state index contributed by atoms with van der Waals surface area (Å²) in [5, 5.41) is 0. The second kappa shape index (κ2) is 4.97. The molecule has 3 unspecified atom stereocenters. The van der Waals surface area contributed by atoms with Crippen molar-refractivity contribution in [2.45, 2.75) is 39.7 Å². The fourth-order valence-electron chi connectivity index (χ4n) is 2.31. The lowest BCUT2D eigenvalue weighted by atomic mass is 10.0. The smallest absolute Gasteiger partial charge is 0.0105 e. The van der Waals surface area contributed by atoms with E-state index in [1.807, 2.05) is 0 Å². The van der Waals surface area contributed by atoms with Crippen LogP contribution in [0.5, 0.6) is 0 Å². The Balaban J connectivity index is 2.42. The van der Waals surface area contributed by atoms with Crippen molar-refractivity contribution < 1.29 is 0 Å². The molecule has 3 atom stereocenters. The van der Waals surface area contributed by atoms with Gasteiger partial charge in [-0.05, 0) is 31.2 Å². The maximum atomic E-state index is 5.62. The monoisotopic (exact) mass is 184 g/mol. The first-order valence-electron chi connectivity index (χ1n) is 5.63. The summed E-state index contributed by atoms with van der Waals surface area (Å²) >= 11 is 0. The van der Waals surface area contributed by atoms with Gasteiger partial charge in [0.2, 0.25) is 0 Å². The first kappa shape index (κ1) is 11.0. The highest BCUT2D eigenvalue weighted by Gasteiger charge is 2.29. The van der Waals surface area contributed by atoms with Gasteiger partial charge >= 0.3 is 0 Å². The number of nitrogens with two attached hydrogens (primary N) is 1. The lowest BCUT2D eigenvalue weighted by Crippen LogP contribution is -2.34. The van der Waals surface area contributed by atoms with Gasteiger partial charge in [0, 0.05) is 19.1 Å². The Hall–Kier alpha value is -0.0800. The van der Waals surface area contributed by atoms with Crippen LogP contribution in [0.25, 0.3) is 0 Å². The topological polar surface area (TPSA) is 29.3 Å². The van der Waals surface area contributed by atoms with E-state index in [-0.39, 0.29) is 0 Å². The Morgan fingerprint density at radius 3 is 2.23 bits per heavy atom. The lowest BCUT2D eigenvalue weighted by Gasteiger charge is -2.26. The molecule has 13 heavy (non-hydrogen) atoms. The minimum atomic E-state index is 0.734. The molecule has 1 aliphatic heterocycles. The average Bonchev–Trinajstić information content (AvgIpc) is 2.43. The molecular weight excluding hydrogens is 160 g/mol. The Kier molecular flexibility index (Phi) is 4.20. The predicted molar refractivity (Wildman–Crippen MR) is 57.7 cm³/mol. The van der Waals surface area contributed by atoms with E-state index in [4.69, 9.17) is 5.73 Å². The Labute approximate surface area is 82.5 Å². The summed E-state index contributed by atoms with van der Waals surface area (Å²) in [6, 6.07) is 0.734. The van der Waals surface area contributed by atoms with Crippen LogP contribution in [0.1, 0.15) is 33.6 Å². The summed E-state index contributed by atoms with van der Waals surface area (Å²) in [5.74, 6) is 1.73. The third kappa shape index (κ3) is 2.68. The molecule has 0 saturated carbocycles.